The number of hydrogen-bond donors (Lipinski definition) is 1. The molecule has 0 radical (unpaired) electrons. The number of esters is 1. The molecule has 0 saturated heterocycles. The highest BCUT2D eigenvalue weighted by atomic mass is 16.5. The fourth-order valence-corrected chi connectivity index (χ4v) is 6.90. The number of carbonyl (C=O) groups excluding carboxylic acids is 3. The van der Waals surface area contributed by atoms with Gasteiger partial charge in [0.05, 0.1) is 12.7 Å². The lowest BCUT2D eigenvalue weighted by Gasteiger charge is -2.55. The molecule has 2 amide bonds. The normalized spacial score (nSPS) is 30.8. The monoisotopic (exact) mass is 410 g/mol. The van der Waals surface area contributed by atoms with Crippen molar-refractivity contribution in [2.45, 2.75) is 51.4 Å². The standard InChI is InChI=1S/C24H30N2O4/c1-30-22(28)19-2-3-20-18(11-19)5-7-26(20)21(27)4-6-25-23(29)24-12-15-8-16(13-24)10-17(9-15)14-24/h2-3,11,15-17H,4-10,12-14H2,1H3,(H,25,29). The lowest BCUT2D eigenvalue weighted by atomic mass is 9.49. The molecule has 1 N–H and O–H groups in total. The van der Waals surface area contributed by atoms with E-state index in [-0.39, 0.29) is 23.2 Å². The Hall–Kier alpha value is -2.37. The molecule has 6 rings (SSSR count). The second kappa shape index (κ2) is 7.40. The van der Waals surface area contributed by atoms with E-state index in [4.69, 9.17) is 4.74 Å². The molecule has 4 bridgehead atoms. The third-order valence-corrected chi connectivity index (χ3v) is 7.84. The van der Waals surface area contributed by atoms with Crippen LogP contribution in [-0.4, -0.2) is 38.0 Å². The number of carbonyl (C=O) groups is 3. The molecule has 1 aromatic carbocycles. The number of ether oxygens (including phenoxy) is 1. The van der Waals surface area contributed by atoms with E-state index in [1.165, 1.54) is 26.4 Å². The molecule has 4 aliphatic carbocycles. The third-order valence-electron chi connectivity index (χ3n) is 7.84. The van der Waals surface area contributed by atoms with Gasteiger partial charge in [-0.1, -0.05) is 0 Å². The van der Waals surface area contributed by atoms with Gasteiger partial charge >= 0.3 is 5.97 Å². The minimum Gasteiger partial charge on any atom is -0.465 e. The summed E-state index contributed by atoms with van der Waals surface area (Å²) < 4.78 is 4.77. The summed E-state index contributed by atoms with van der Waals surface area (Å²) in [4.78, 5) is 39.3. The molecule has 0 spiro atoms. The minimum atomic E-state index is -0.366. The molecular weight excluding hydrogens is 380 g/mol. The average Bonchev–Trinajstić information content (AvgIpc) is 3.15. The number of anilines is 1. The summed E-state index contributed by atoms with van der Waals surface area (Å²) >= 11 is 0. The van der Waals surface area contributed by atoms with Gasteiger partial charge in [0.25, 0.3) is 0 Å². The number of benzene rings is 1. The van der Waals surface area contributed by atoms with Gasteiger partial charge in [-0.05, 0) is 86.5 Å². The Morgan fingerprint density at radius 3 is 2.40 bits per heavy atom. The maximum absolute atomic E-state index is 13.0. The van der Waals surface area contributed by atoms with Gasteiger partial charge in [0.2, 0.25) is 11.8 Å². The molecule has 6 nitrogen and oxygen atoms in total. The summed E-state index contributed by atoms with van der Waals surface area (Å²) in [5.41, 5.74) is 2.19. The van der Waals surface area contributed by atoms with E-state index in [9.17, 15) is 14.4 Å². The quantitative estimate of drug-likeness (QED) is 0.757. The number of nitrogens with zero attached hydrogens (tertiary/aromatic N) is 1. The molecule has 160 valence electrons. The molecule has 30 heavy (non-hydrogen) atoms. The summed E-state index contributed by atoms with van der Waals surface area (Å²) in [6.07, 6.45) is 8.11. The van der Waals surface area contributed by atoms with Crippen LogP contribution in [0.2, 0.25) is 0 Å². The van der Waals surface area contributed by atoms with Crippen LogP contribution in [0.1, 0.15) is 60.9 Å². The summed E-state index contributed by atoms with van der Waals surface area (Å²) in [5.74, 6) is 2.04. The lowest BCUT2D eigenvalue weighted by Crippen LogP contribution is -2.53. The van der Waals surface area contributed by atoms with Crippen LogP contribution in [0.4, 0.5) is 5.69 Å². The Bertz CT molecular complexity index is 858. The SMILES string of the molecule is COC(=O)c1ccc2c(c1)CCN2C(=O)CCNC(=O)C12CC3CC(CC(C3)C1)C2. The van der Waals surface area contributed by atoms with Crippen LogP contribution in [0.15, 0.2) is 18.2 Å². The molecule has 4 fully saturated rings. The van der Waals surface area contributed by atoms with E-state index in [0.29, 0.717) is 25.1 Å². The van der Waals surface area contributed by atoms with Crippen molar-refractivity contribution in [3.63, 3.8) is 0 Å². The van der Waals surface area contributed by atoms with Crippen LogP contribution < -0.4 is 10.2 Å². The lowest BCUT2D eigenvalue weighted by molar-refractivity contribution is -0.146. The Labute approximate surface area is 177 Å². The van der Waals surface area contributed by atoms with Crippen molar-refractivity contribution in [2.75, 3.05) is 25.1 Å². The average molecular weight is 411 g/mol. The van der Waals surface area contributed by atoms with Gasteiger partial charge in [0.15, 0.2) is 0 Å². The Morgan fingerprint density at radius 1 is 1.10 bits per heavy atom. The van der Waals surface area contributed by atoms with Gasteiger partial charge in [-0.3, -0.25) is 9.59 Å². The first kappa shape index (κ1) is 19.6. The second-order valence-electron chi connectivity index (χ2n) is 9.83. The minimum absolute atomic E-state index is 0.0189. The van der Waals surface area contributed by atoms with Crippen LogP contribution in [0, 0.1) is 23.2 Å². The maximum atomic E-state index is 13.0. The first-order valence-electron chi connectivity index (χ1n) is 11.3. The van der Waals surface area contributed by atoms with Gasteiger partial charge in [0.1, 0.15) is 0 Å². The smallest absolute Gasteiger partial charge is 0.337 e. The summed E-state index contributed by atoms with van der Waals surface area (Å²) in [5, 5.41) is 3.10. The summed E-state index contributed by atoms with van der Waals surface area (Å²) in [6.45, 7) is 1.01. The topological polar surface area (TPSA) is 75.7 Å². The van der Waals surface area contributed by atoms with Crippen molar-refractivity contribution in [3.8, 4) is 0 Å². The number of methoxy groups -OCH3 is 1. The number of rotatable bonds is 5. The van der Waals surface area contributed by atoms with Crippen LogP contribution in [-0.2, 0) is 20.7 Å². The van der Waals surface area contributed by atoms with E-state index in [2.05, 4.69) is 5.32 Å². The summed E-state index contributed by atoms with van der Waals surface area (Å²) in [7, 11) is 1.36. The number of nitrogens with one attached hydrogen (secondary N) is 1. The molecule has 1 heterocycles. The molecule has 1 aliphatic heterocycles. The second-order valence-corrected chi connectivity index (χ2v) is 9.83. The van der Waals surface area contributed by atoms with Crippen molar-refractivity contribution in [1.82, 2.24) is 5.32 Å². The Morgan fingerprint density at radius 2 is 1.77 bits per heavy atom. The van der Waals surface area contributed by atoms with Crippen molar-refractivity contribution in [2.24, 2.45) is 23.2 Å². The fourth-order valence-electron chi connectivity index (χ4n) is 6.90. The molecular formula is C24H30N2O4. The zero-order valence-electron chi connectivity index (χ0n) is 17.6. The Balaban J connectivity index is 1.17. The van der Waals surface area contributed by atoms with Crippen LogP contribution in [0.25, 0.3) is 0 Å². The molecule has 5 aliphatic rings. The van der Waals surface area contributed by atoms with Gasteiger partial charge < -0.3 is 15.0 Å². The predicted octanol–water partition coefficient (Wildman–Crippen LogP) is 3.09. The van der Waals surface area contributed by atoms with E-state index in [0.717, 1.165) is 54.7 Å². The van der Waals surface area contributed by atoms with Crippen molar-refractivity contribution >= 4 is 23.5 Å². The highest BCUT2D eigenvalue weighted by Crippen LogP contribution is 2.60. The first-order chi connectivity index (χ1) is 14.5. The van der Waals surface area contributed by atoms with Gasteiger partial charge in [-0.15, -0.1) is 0 Å². The van der Waals surface area contributed by atoms with Crippen molar-refractivity contribution in [1.29, 1.82) is 0 Å². The summed E-state index contributed by atoms with van der Waals surface area (Å²) in [6, 6.07) is 5.33. The zero-order valence-corrected chi connectivity index (χ0v) is 17.6. The van der Waals surface area contributed by atoms with Crippen LogP contribution in [0.5, 0.6) is 0 Å². The van der Waals surface area contributed by atoms with Crippen LogP contribution >= 0.6 is 0 Å². The maximum Gasteiger partial charge on any atom is 0.337 e. The zero-order chi connectivity index (χ0) is 20.9. The van der Waals surface area contributed by atoms with Gasteiger partial charge in [0, 0.05) is 30.6 Å². The highest BCUT2D eigenvalue weighted by molar-refractivity contribution is 5.97. The van der Waals surface area contributed by atoms with E-state index in [1.807, 2.05) is 12.1 Å². The number of fused-ring (bicyclic) bond motifs is 1. The van der Waals surface area contributed by atoms with Gasteiger partial charge in [-0.2, -0.15) is 0 Å². The van der Waals surface area contributed by atoms with Crippen molar-refractivity contribution in [3.05, 3.63) is 29.3 Å². The third kappa shape index (κ3) is 3.30. The van der Waals surface area contributed by atoms with Gasteiger partial charge in [-0.25, -0.2) is 4.79 Å². The first-order valence-corrected chi connectivity index (χ1v) is 11.3. The Kier molecular flexibility index (Phi) is 4.83. The van der Waals surface area contributed by atoms with E-state index >= 15 is 0 Å². The number of amides is 2. The van der Waals surface area contributed by atoms with E-state index in [1.54, 1.807) is 11.0 Å². The highest BCUT2D eigenvalue weighted by Gasteiger charge is 2.54. The predicted molar refractivity (Wildman–Crippen MR) is 112 cm³/mol. The van der Waals surface area contributed by atoms with E-state index < -0.39 is 0 Å². The molecule has 4 saturated carbocycles. The number of hydrogen-bond acceptors (Lipinski definition) is 4. The molecule has 0 unspecified atom stereocenters. The molecule has 1 aromatic rings. The molecule has 0 aromatic heterocycles. The fraction of sp³-hybridized carbons (Fsp3) is 0.625. The largest absolute Gasteiger partial charge is 0.465 e. The molecule has 6 heteroatoms. The molecule has 0 atom stereocenters. The van der Waals surface area contributed by atoms with Crippen LogP contribution in [0.3, 0.4) is 0 Å². The van der Waals surface area contributed by atoms with Crippen molar-refractivity contribution < 1.29 is 19.1 Å².